The molecule has 1 aromatic carbocycles. The molecule has 0 unspecified atom stereocenters. The van der Waals surface area contributed by atoms with Gasteiger partial charge in [-0.15, -0.1) is 0 Å². The van der Waals surface area contributed by atoms with Crippen LogP contribution in [0, 0.1) is 11.8 Å². The Bertz CT molecular complexity index is 987. The topological polar surface area (TPSA) is 96.3 Å². The number of benzene rings is 1. The van der Waals surface area contributed by atoms with E-state index in [2.05, 4.69) is 11.0 Å². The Kier molecular flexibility index (Phi) is 3.39. The highest BCUT2D eigenvalue weighted by atomic mass is 32.3. The summed E-state index contributed by atoms with van der Waals surface area (Å²) in [4.78, 5) is 2.59. The van der Waals surface area contributed by atoms with Gasteiger partial charge in [-0.3, -0.25) is 9.45 Å². The molecule has 1 spiro atoms. The largest absolute Gasteiger partial charge is 0.504 e. The number of hydrogen-bond donors (Lipinski definition) is 2. The summed E-state index contributed by atoms with van der Waals surface area (Å²) in [5.41, 5.74) is 1.74. The first-order valence-electron chi connectivity index (χ1n) is 9.97. The van der Waals surface area contributed by atoms with Gasteiger partial charge < -0.3 is 9.84 Å². The van der Waals surface area contributed by atoms with Crippen molar-refractivity contribution in [3.63, 3.8) is 0 Å². The molecule has 2 fully saturated rings. The van der Waals surface area contributed by atoms with Gasteiger partial charge in [0.1, 0.15) is 12.2 Å². The van der Waals surface area contributed by atoms with Gasteiger partial charge in [0.15, 0.2) is 11.5 Å². The fraction of sp³-hybridized carbons (Fsp3) is 0.600. The summed E-state index contributed by atoms with van der Waals surface area (Å²) in [6.45, 7) is 2.03. The molecular weight excluding hydrogens is 382 g/mol. The SMILES string of the molecule is O=S(=O)(O)O[C@H]1C=C[C@H]2[C@H]3Cc4ccc(O)c5c4[C@@]2(CCN3CC2CC2)[C@H]1O5. The van der Waals surface area contributed by atoms with E-state index >= 15 is 0 Å². The Balaban J connectivity index is 1.50. The molecule has 2 N–H and O–H groups in total. The second kappa shape index (κ2) is 5.50. The van der Waals surface area contributed by atoms with Crippen molar-refractivity contribution >= 4 is 10.4 Å². The second-order valence-electron chi connectivity index (χ2n) is 8.89. The summed E-state index contributed by atoms with van der Waals surface area (Å²) >= 11 is 0. The number of likely N-dealkylation sites (tertiary alicyclic amines) is 1. The molecular formula is C20H23NO6S. The van der Waals surface area contributed by atoms with E-state index in [4.69, 9.17) is 8.92 Å². The minimum Gasteiger partial charge on any atom is -0.504 e. The quantitative estimate of drug-likeness (QED) is 0.582. The van der Waals surface area contributed by atoms with E-state index in [1.165, 1.54) is 12.8 Å². The maximum Gasteiger partial charge on any atom is 0.398 e. The Morgan fingerprint density at radius 2 is 2.11 bits per heavy atom. The number of piperidine rings is 1. The third kappa shape index (κ3) is 2.29. The lowest BCUT2D eigenvalue weighted by molar-refractivity contribution is -0.0467. The molecule has 1 saturated heterocycles. The summed E-state index contributed by atoms with van der Waals surface area (Å²) in [5.74, 6) is 1.49. The molecule has 7 nitrogen and oxygen atoms in total. The normalized spacial score (nSPS) is 38.2. The molecule has 2 bridgehead atoms. The lowest BCUT2D eigenvalue weighted by Gasteiger charge is -2.57. The standard InChI is InChI=1S/C20H23NO6S/c22-15-5-3-12-9-14-13-4-6-16(27-28(23,24)25)19-20(13,17(12)18(15)26-19)7-8-21(14)10-11-1-2-11/h3-6,11,13-14,16,19,22H,1-2,7-10H2,(H,23,24,25)/t13-,14+,16-,19-,20-/m0/s1. The zero-order valence-corrected chi connectivity index (χ0v) is 16.1. The number of nitrogens with zero attached hydrogens (tertiary/aromatic N) is 1. The maximum atomic E-state index is 11.4. The van der Waals surface area contributed by atoms with Crippen molar-refractivity contribution in [3.8, 4) is 11.5 Å². The third-order valence-corrected chi connectivity index (χ3v) is 7.86. The zero-order chi connectivity index (χ0) is 19.3. The van der Waals surface area contributed by atoms with Crippen LogP contribution < -0.4 is 4.74 Å². The fourth-order valence-corrected chi connectivity index (χ4v) is 6.64. The molecule has 1 aromatic rings. The number of hydrogen-bond acceptors (Lipinski definition) is 6. The molecule has 1 saturated carbocycles. The molecule has 2 heterocycles. The Morgan fingerprint density at radius 1 is 1.29 bits per heavy atom. The van der Waals surface area contributed by atoms with Crippen molar-refractivity contribution in [2.45, 2.75) is 49.3 Å². The number of phenolic OH excluding ortho intramolecular Hbond substituents is 1. The van der Waals surface area contributed by atoms with Crippen LogP contribution in [0.2, 0.25) is 0 Å². The molecule has 3 aliphatic carbocycles. The molecule has 2 aliphatic heterocycles. The first-order chi connectivity index (χ1) is 13.4. The molecule has 5 atom stereocenters. The summed E-state index contributed by atoms with van der Waals surface area (Å²) in [5, 5.41) is 10.4. The average molecular weight is 405 g/mol. The molecule has 0 radical (unpaired) electrons. The summed E-state index contributed by atoms with van der Waals surface area (Å²) in [6.07, 6.45) is 6.58. The number of phenols is 1. The van der Waals surface area contributed by atoms with Crippen LogP contribution in [0.15, 0.2) is 24.3 Å². The van der Waals surface area contributed by atoms with Crippen LogP contribution in [0.1, 0.15) is 30.4 Å². The minimum absolute atomic E-state index is 0.0748. The lowest BCUT2D eigenvalue weighted by atomic mass is 9.53. The van der Waals surface area contributed by atoms with Gasteiger partial charge in [-0.25, -0.2) is 4.18 Å². The van der Waals surface area contributed by atoms with Gasteiger partial charge in [0.05, 0.1) is 0 Å². The number of ether oxygens (including phenoxy) is 1. The van der Waals surface area contributed by atoms with Crippen LogP contribution in [0.3, 0.4) is 0 Å². The first kappa shape index (κ1) is 17.3. The fourth-order valence-electron chi connectivity index (χ4n) is 6.20. The van der Waals surface area contributed by atoms with E-state index in [1.54, 1.807) is 12.1 Å². The van der Waals surface area contributed by atoms with Gasteiger partial charge in [-0.05, 0) is 49.8 Å². The summed E-state index contributed by atoms with van der Waals surface area (Å²) in [7, 11) is -4.62. The number of rotatable bonds is 4. The van der Waals surface area contributed by atoms with Crippen molar-refractivity contribution in [1.29, 1.82) is 0 Å². The summed E-state index contributed by atoms with van der Waals surface area (Å²) < 4.78 is 43.3. The highest BCUT2D eigenvalue weighted by molar-refractivity contribution is 7.80. The predicted molar refractivity (Wildman–Crippen MR) is 99.7 cm³/mol. The van der Waals surface area contributed by atoms with Crippen molar-refractivity contribution < 1.29 is 27.0 Å². The first-order valence-corrected chi connectivity index (χ1v) is 11.3. The van der Waals surface area contributed by atoms with Gasteiger partial charge in [-0.2, -0.15) is 8.42 Å². The Morgan fingerprint density at radius 3 is 2.86 bits per heavy atom. The molecule has 8 heteroatoms. The van der Waals surface area contributed by atoms with E-state index < -0.39 is 28.0 Å². The van der Waals surface area contributed by atoms with E-state index in [9.17, 15) is 18.1 Å². The highest BCUT2D eigenvalue weighted by Gasteiger charge is 2.65. The monoisotopic (exact) mass is 405 g/mol. The predicted octanol–water partition coefficient (Wildman–Crippen LogP) is 1.81. The van der Waals surface area contributed by atoms with Crippen LogP contribution in [0.5, 0.6) is 11.5 Å². The third-order valence-electron chi connectivity index (χ3n) is 7.39. The maximum absolute atomic E-state index is 11.4. The van der Waals surface area contributed by atoms with Gasteiger partial charge in [0.25, 0.3) is 0 Å². The minimum atomic E-state index is -4.62. The highest BCUT2D eigenvalue weighted by Crippen LogP contribution is 2.63. The van der Waals surface area contributed by atoms with Gasteiger partial charge in [0.2, 0.25) is 0 Å². The van der Waals surface area contributed by atoms with E-state index in [1.807, 2.05) is 6.07 Å². The van der Waals surface area contributed by atoms with Gasteiger partial charge in [0, 0.05) is 29.5 Å². The van der Waals surface area contributed by atoms with Crippen molar-refractivity contribution in [1.82, 2.24) is 4.90 Å². The second-order valence-corrected chi connectivity index (χ2v) is 9.93. The van der Waals surface area contributed by atoms with Crippen LogP contribution in [0.4, 0.5) is 0 Å². The lowest BCUT2D eigenvalue weighted by Crippen LogP contribution is -2.66. The molecule has 150 valence electrons. The van der Waals surface area contributed by atoms with Gasteiger partial charge >= 0.3 is 10.4 Å². The average Bonchev–Trinajstić information content (AvgIpc) is 3.37. The van der Waals surface area contributed by atoms with Gasteiger partial charge in [-0.1, -0.05) is 18.2 Å². The zero-order valence-electron chi connectivity index (χ0n) is 15.3. The van der Waals surface area contributed by atoms with E-state index in [0.717, 1.165) is 43.0 Å². The van der Waals surface area contributed by atoms with E-state index in [-0.39, 0.29) is 11.7 Å². The van der Waals surface area contributed by atoms with Crippen molar-refractivity contribution in [2.75, 3.05) is 13.1 Å². The van der Waals surface area contributed by atoms with E-state index in [0.29, 0.717) is 11.8 Å². The number of aromatic hydroxyl groups is 1. The van der Waals surface area contributed by atoms with Crippen LogP contribution in [-0.4, -0.2) is 54.3 Å². The van der Waals surface area contributed by atoms with Crippen LogP contribution >= 0.6 is 0 Å². The van der Waals surface area contributed by atoms with Crippen LogP contribution in [0.25, 0.3) is 0 Å². The van der Waals surface area contributed by atoms with Crippen molar-refractivity contribution in [3.05, 3.63) is 35.4 Å². The van der Waals surface area contributed by atoms with Crippen LogP contribution in [-0.2, 0) is 26.4 Å². The molecule has 0 amide bonds. The molecule has 28 heavy (non-hydrogen) atoms. The smallest absolute Gasteiger partial charge is 0.398 e. The molecule has 0 aromatic heterocycles. The molecule has 6 rings (SSSR count). The van der Waals surface area contributed by atoms with Crippen molar-refractivity contribution in [2.24, 2.45) is 11.8 Å². The Labute approximate surface area is 163 Å². The summed E-state index contributed by atoms with van der Waals surface area (Å²) in [6, 6.07) is 3.96. The molecule has 5 aliphatic rings. The Hall–Kier alpha value is -1.61.